The molecule has 0 spiro atoms. The number of rotatable bonds is 8. The summed E-state index contributed by atoms with van der Waals surface area (Å²) in [6.45, 7) is 9.52. The van der Waals surface area contributed by atoms with Crippen LogP contribution in [0.1, 0.15) is 49.9 Å². The van der Waals surface area contributed by atoms with E-state index in [1.165, 1.54) is 220 Å². The van der Waals surface area contributed by atoms with Gasteiger partial charge in [-0.15, -0.1) is 0 Å². The molecule has 0 bridgehead atoms. The van der Waals surface area contributed by atoms with E-state index in [9.17, 15) is 0 Å². The maximum atomic E-state index is 2.43. The first-order valence-corrected chi connectivity index (χ1v) is 38.7. The van der Waals surface area contributed by atoms with Crippen molar-refractivity contribution in [2.75, 3.05) is 0 Å². The molecular weight excluding hydrogens is 1320 g/mol. The molecule has 516 valence electrons. The van der Waals surface area contributed by atoms with Gasteiger partial charge in [-0.3, -0.25) is 0 Å². The molecule has 0 aliphatic heterocycles. The predicted octanol–water partition coefficient (Wildman–Crippen LogP) is 30.5. The van der Waals surface area contributed by atoms with Gasteiger partial charge < -0.3 is 0 Å². The van der Waals surface area contributed by atoms with Crippen molar-refractivity contribution in [1.82, 2.24) is 0 Å². The number of fused-ring (bicyclic) bond motifs is 14. The molecule has 2 aliphatic rings. The summed E-state index contributed by atoms with van der Waals surface area (Å²) in [5, 5.41) is 20.3. The lowest BCUT2D eigenvalue weighted by molar-refractivity contribution is 0.661. The smallest absolute Gasteiger partial charge is 0.0159 e. The van der Waals surface area contributed by atoms with Crippen LogP contribution in [0.4, 0.5) is 0 Å². The van der Waals surface area contributed by atoms with Gasteiger partial charge in [0.05, 0.1) is 0 Å². The van der Waals surface area contributed by atoms with Crippen LogP contribution in [0.25, 0.3) is 197 Å². The minimum absolute atomic E-state index is 0.0878. The number of hydrogen-bond acceptors (Lipinski definition) is 0. The Morgan fingerprint density at radius 3 is 0.855 bits per heavy atom. The van der Waals surface area contributed by atoms with Crippen LogP contribution in [0.5, 0.6) is 0 Å². The van der Waals surface area contributed by atoms with Crippen molar-refractivity contribution < 1.29 is 0 Å². The van der Waals surface area contributed by atoms with Crippen LogP contribution in [-0.2, 0) is 10.8 Å². The second kappa shape index (κ2) is 25.6. The fourth-order valence-electron chi connectivity index (χ4n) is 19.2. The van der Waals surface area contributed by atoms with Crippen LogP contribution in [0.2, 0.25) is 0 Å². The molecule has 0 unspecified atom stereocenters. The summed E-state index contributed by atoms with van der Waals surface area (Å²) in [5.74, 6) is 0. The Labute approximate surface area is 642 Å². The van der Waals surface area contributed by atoms with E-state index < -0.39 is 0 Å². The van der Waals surface area contributed by atoms with Crippen LogP contribution in [0, 0.1) is 0 Å². The molecule has 22 rings (SSSR count). The second-order valence-electron chi connectivity index (χ2n) is 31.3. The Balaban J connectivity index is 0.000000140. The summed E-state index contributed by atoms with van der Waals surface area (Å²) in [6.07, 6.45) is 0. The molecule has 0 aromatic heterocycles. The summed E-state index contributed by atoms with van der Waals surface area (Å²) in [5.41, 5.74) is 30.9. The summed E-state index contributed by atoms with van der Waals surface area (Å²) >= 11 is 0. The monoisotopic (exact) mass is 1400 g/mol. The van der Waals surface area contributed by atoms with Crippen molar-refractivity contribution in [3.63, 3.8) is 0 Å². The molecule has 0 N–H and O–H groups in total. The summed E-state index contributed by atoms with van der Waals surface area (Å²) in [6, 6.07) is 144. The molecule has 20 aromatic carbocycles. The van der Waals surface area contributed by atoms with E-state index in [0.29, 0.717) is 0 Å². The zero-order chi connectivity index (χ0) is 73.3. The van der Waals surface area contributed by atoms with Crippen molar-refractivity contribution in [3.8, 4) is 111 Å². The fraction of sp³-hybridized carbons (Fsp3) is 0.0545. The SMILES string of the molecule is CC1(C)c2cc3ccccc3cc2-c2c(-c3cccc(-c4c5ccccc5c(-c5cccc(-c6cccc7ccccc67)c5)c5ccccc45)c3)cccc21.CC1(C)c2cc3ccccc3cc2-c2c(-c3cccc(-c4c5ccccc5c(-c5ccccc5-c5ccc6ccccc6c5)c5ccccc45)c3)cccc21. The third-order valence-electron chi connectivity index (χ3n) is 24.4. The van der Waals surface area contributed by atoms with Crippen molar-refractivity contribution in [2.24, 2.45) is 0 Å². The van der Waals surface area contributed by atoms with Gasteiger partial charge in [0.2, 0.25) is 0 Å². The zero-order valence-corrected chi connectivity index (χ0v) is 62.0. The van der Waals surface area contributed by atoms with E-state index in [4.69, 9.17) is 0 Å². The quantitative estimate of drug-likeness (QED) is 0.133. The Bertz CT molecular complexity index is 7100. The largest absolute Gasteiger partial charge is 0.0616 e. The van der Waals surface area contributed by atoms with E-state index in [1.807, 2.05) is 0 Å². The fourth-order valence-corrected chi connectivity index (χ4v) is 19.2. The minimum atomic E-state index is -0.0896. The molecule has 0 saturated carbocycles. The molecule has 20 aromatic rings. The van der Waals surface area contributed by atoms with Crippen molar-refractivity contribution in [3.05, 3.63) is 411 Å². The summed E-state index contributed by atoms with van der Waals surface area (Å²) in [7, 11) is 0. The molecular formula is C110H76. The van der Waals surface area contributed by atoms with Gasteiger partial charge in [-0.25, -0.2) is 0 Å². The molecule has 0 radical (unpaired) electrons. The predicted molar refractivity (Wildman–Crippen MR) is 472 cm³/mol. The average molecular weight is 1400 g/mol. The number of benzene rings is 20. The van der Waals surface area contributed by atoms with E-state index >= 15 is 0 Å². The molecule has 2 aliphatic carbocycles. The van der Waals surface area contributed by atoms with Crippen LogP contribution in [-0.4, -0.2) is 0 Å². The zero-order valence-electron chi connectivity index (χ0n) is 62.0. The van der Waals surface area contributed by atoms with Crippen LogP contribution in [0.15, 0.2) is 388 Å². The van der Waals surface area contributed by atoms with Gasteiger partial charge >= 0.3 is 0 Å². The molecule has 0 fully saturated rings. The highest BCUT2D eigenvalue weighted by Crippen LogP contribution is 2.57. The maximum absolute atomic E-state index is 2.43. The highest BCUT2D eigenvalue weighted by molar-refractivity contribution is 6.24. The molecule has 0 atom stereocenters. The first kappa shape index (κ1) is 64.8. The third kappa shape index (κ3) is 10.3. The van der Waals surface area contributed by atoms with Crippen molar-refractivity contribution in [2.45, 2.75) is 38.5 Å². The van der Waals surface area contributed by atoms with E-state index in [1.54, 1.807) is 0 Å². The first-order valence-electron chi connectivity index (χ1n) is 38.7. The minimum Gasteiger partial charge on any atom is -0.0616 e. The van der Waals surface area contributed by atoms with Gasteiger partial charge in [-0.2, -0.15) is 0 Å². The van der Waals surface area contributed by atoms with E-state index in [0.717, 1.165) is 0 Å². The van der Waals surface area contributed by atoms with Gasteiger partial charge in [-0.1, -0.05) is 367 Å². The Morgan fingerprint density at radius 2 is 0.418 bits per heavy atom. The van der Waals surface area contributed by atoms with Crippen LogP contribution >= 0.6 is 0 Å². The van der Waals surface area contributed by atoms with Crippen molar-refractivity contribution in [1.29, 1.82) is 0 Å². The van der Waals surface area contributed by atoms with Gasteiger partial charge in [0.25, 0.3) is 0 Å². The number of hydrogen-bond donors (Lipinski definition) is 0. The first-order chi connectivity index (χ1) is 54.1. The van der Waals surface area contributed by atoms with Gasteiger partial charge in [-0.05, 0) is 268 Å². The standard InChI is InChI=1S/2C55H38/c1-55(2)50-30-14-29-44(54(50)49-33-36-16-3-4-17-37(36)34-51(49)55)39-20-12-22-41(32-39)53-47-26-9-7-24-45(47)52(46-25-8-10-27-48(46)53)40-21-11-19-38(31-40)43-28-13-18-35-15-5-6-23-42(35)43;1-55(2)50-28-14-27-43(54(50)49-33-37-17-5-6-18-38(37)34-51(49)55)39-19-13-20-41(32-39)52-45-23-9-11-25-47(45)53(48-26-12-10-24-46(48)52)44-22-8-7-21-42(44)40-30-29-35-15-3-4-16-36(35)31-40/h2*3-34H,1-2H3. The molecule has 0 saturated heterocycles. The second-order valence-corrected chi connectivity index (χ2v) is 31.3. The van der Waals surface area contributed by atoms with Gasteiger partial charge in [0, 0.05) is 10.8 Å². The molecule has 0 nitrogen and oxygen atoms in total. The lowest BCUT2D eigenvalue weighted by atomic mass is 9.81. The molecule has 0 heterocycles. The highest BCUT2D eigenvalue weighted by atomic mass is 14.4. The normalized spacial score (nSPS) is 13.1. The molecule has 0 amide bonds. The maximum Gasteiger partial charge on any atom is 0.0159 e. The van der Waals surface area contributed by atoms with E-state index in [2.05, 4.69) is 416 Å². The summed E-state index contributed by atoms with van der Waals surface area (Å²) < 4.78 is 0. The Morgan fingerprint density at radius 1 is 0.136 bits per heavy atom. The third-order valence-corrected chi connectivity index (χ3v) is 24.4. The van der Waals surface area contributed by atoms with Gasteiger partial charge in [0.15, 0.2) is 0 Å². The lowest BCUT2D eigenvalue weighted by Gasteiger charge is -2.22. The van der Waals surface area contributed by atoms with Crippen molar-refractivity contribution >= 4 is 86.2 Å². The Kier molecular flexibility index (Phi) is 15.1. The van der Waals surface area contributed by atoms with E-state index in [-0.39, 0.29) is 10.8 Å². The van der Waals surface area contributed by atoms with Crippen LogP contribution in [0.3, 0.4) is 0 Å². The molecule has 110 heavy (non-hydrogen) atoms. The van der Waals surface area contributed by atoms with Crippen LogP contribution < -0.4 is 0 Å². The van der Waals surface area contributed by atoms with Gasteiger partial charge in [0.1, 0.15) is 0 Å². The Hall–Kier alpha value is -13.5. The summed E-state index contributed by atoms with van der Waals surface area (Å²) in [4.78, 5) is 0. The average Bonchev–Trinajstić information content (AvgIpc) is 1.43. The molecule has 0 heteroatoms. The highest BCUT2D eigenvalue weighted by Gasteiger charge is 2.39. The lowest BCUT2D eigenvalue weighted by Crippen LogP contribution is -2.14. The topological polar surface area (TPSA) is 0 Å².